The molecule has 0 saturated carbocycles. The number of aromatic amines is 1. The van der Waals surface area contributed by atoms with Gasteiger partial charge in [-0.2, -0.15) is 15.4 Å². The quantitative estimate of drug-likeness (QED) is 0.860. The summed E-state index contributed by atoms with van der Waals surface area (Å²) in [6.45, 7) is 7.82. The van der Waals surface area contributed by atoms with Gasteiger partial charge in [0.05, 0.1) is 18.4 Å². The van der Waals surface area contributed by atoms with Crippen molar-refractivity contribution < 1.29 is 9.53 Å². The summed E-state index contributed by atoms with van der Waals surface area (Å²) < 4.78 is 5.79. The molecule has 2 fully saturated rings. The van der Waals surface area contributed by atoms with Gasteiger partial charge in [-0.3, -0.25) is 9.69 Å². The fourth-order valence-corrected chi connectivity index (χ4v) is 3.42. The summed E-state index contributed by atoms with van der Waals surface area (Å²) >= 11 is 0. The Morgan fingerprint density at radius 2 is 1.95 bits per heavy atom. The molecule has 2 aliphatic heterocycles. The SMILES string of the molecule is C[C@@H]1CN(C2CCN(C(=O)c3cn[nH]n3)CC2)C[C@H](C)O1. The van der Waals surface area contributed by atoms with E-state index in [0.717, 1.165) is 39.0 Å². The molecule has 21 heavy (non-hydrogen) atoms. The average molecular weight is 293 g/mol. The molecular formula is C14H23N5O2. The van der Waals surface area contributed by atoms with Crippen molar-refractivity contribution in [1.29, 1.82) is 0 Å². The third-order valence-corrected chi connectivity index (χ3v) is 4.35. The van der Waals surface area contributed by atoms with Crippen LogP contribution >= 0.6 is 0 Å². The molecule has 2 aliphatic rings. The number of rotatable bonds is 2. The minimum atomic E-state index is -0.0223. The highest BCUT2D eigenvalue weighted by Crippen LogP contribution is 2.22. The number of ether oxygens (including phenoxy) is 1. The first-order valence-corrected chi connectivity index (χ1v) is 7.68. The van der Waals surface area contributed by atoms with Crippen LogP contribution in [0.1, 0.15) is 37.2 Å². The molecule has 3 heterocycles. The summed E-state index contributed by atoms with van der Waals surface area (Å²) in [4.78, 5) is 16.6. The Balaban J connectivity index is 1.54. The van der Waals surface area contributed by atoms with Gasteiger partial charge < -0.3 is 9.64 Å². The zero-order valence-corrected chi connectivity index (χ0v) is 12.7. The molecule has 7 nitrogen and oxygen atoms in total. The van der Waals surface area contributed by atoms with E-state index in [0.29, 0.717) is 23.9 Å². The van der Waals surface area contributed by atoms with E-state index < -0.39 is 0 Å². The lowest BCUT2D eigenvalue weighted by Crippen LogP contribution is -2.53. The van der Waals surface area contributed by atoms with Gasteiger partial charge in [-0.25, -0.2) is 0 Å². The van der Waals surface area contributed by atoms with Crippen molar-refractivity contribution in [3.8, 4) is 0 Å². The smallest absolute Gasteiger partial charge is 0.276 e. The predicted molar refractivity (Wildman–Crippen MR) is 76.9 cm³/mol. The number of carbonyl (C=O) groups is 1. The number of nitrogens with one attached hydrogen (secondary N) is 1. The number of morpholine rings is 1. The molecule has 1 amide bonds. The third kappa shape index (κ3) is 3.24. The number of likely N-dealkylation sites (tertiary alicyclic amines) is 1. The van der Waals surface area contributed by atoms with Gasteiger partial charge in [0.1, 0.15) is 0 Å². The van der Waals surface area contributed by atoms with Crippen LogP contribution in [0.25, 0.3) is 0 Å². The molecule has 0 unspecified atom stereocenters. The Labute approximate surface area is 124 Å². The zero-order chi connectivity index (χ0) is 14.8. The summed E-state index contributed by atoms with van der Waals surface area (Å²) in [5.41, 5.74) is 0.405. The molecular weight excluding hydrogens is 270 g/mol. The molecule has 0 bridgehead atoms. The molecule has 0 aliphatic carbocycles. The van der Waals surface area contributed by atoms with Gasteiger partial charge in [0.2, 0.25) is 0 Å². The highest BCUT2D eigenvalue weighted by molar-refractivity contribution is 5.91. The fraction of sp³-hybridized carbons (Fsp3) is 0.786. The van der Waals surface area contributed by atoms with E-state index >= 15 is 0 Å². The summed E-state index contributed by atoms with van der Waals surface area (Å²) in [5, 5.41) is 10.1. The Kier molecular flexibility index (Phi) is 4.21. The summed E-state index contributed by atoms with van der Waals surface area (Å²) in [7, 11) is 0. The maximum Gasteiger partial charge on any atom is 0.276 e. The van der Waals surface area contributed by atoms with Gasteiger partial charge in [-0.05, 0) is 26.7 Å². The van der Waals surface area contributed by atoms with Crippen LogP contribution in [0, 0.1) is 0 Å². The predicted octanol–water partition coefficient (Wildman–Crippen LogP) is 0.519. The van der Waals surface area contributed by atoms with Gasteiger partial charge in [0.15, 0.2) is 5.69 Å². The highest BCUT2D eigenvalue weighted by atomic mass is 16.5. The standard InChI is InChI=1S/C14H23N5O2/c1-10-8-19(9-11(2)21-10)12-3-5-18(6-4-12)14(20)13-7-15-17-16-13/h7,10-12H,3-6,8-9H2,1-2H3,(H,15,16,17)/t10-,11+. The number of carbonyl (C=O) groups excluding carboxylic acids is 1. The monoisotopic (exact) mass is 293 g/mol. The lowest BCUT2D eigenvalue weighted by atomic mass is 10.0. The number of hydrogen-bond acceptors (Lipinski definition) is 5. The second-order valence-electron chi connectivity index (χ2n) is 6.09. The Morgan fingerprint density at radius 3 is 2.52 bits per heavy atom. The van der Waals surface area contributed by atoms with Gasteiger partial charge in [-0.15, -0.1) is 0 Å². The summed E-state index contributed by atoms with van der Waals surface area (Å²) in [5.74, 6) is -0.0223. The van der Waals surface area contributed by atoms with E-state index in [1.54, 1.807) is 0 Å². The Hall–Kier alpha value is -1.47. The van der Waals surface area contributed by atoms with Crippen LogP contribution in [0.5, 0.6) is 0 Å². The van der Waals surface area contributed by atoms with Crippen LogP contribution in [0.3, 0.4) is 0 Å². The van der Waals surface area contributed by atoms with Gasteiger partial charge in [0.25, 0.3) is 5.91 Å². The number of amides is 1. The number of aromatic nitrogens is 3. The zero-order valence-electron chi connectivity index (χ0n) is 12.7. The largest absolute Gasteiger partial charge is 0.373 e. The molecule has 116 valence electrons. The molecule has 7 heteroatoms. The van der Waals surface area contributed by atoms with Crippen molar-refractivity contribution in [1.82, 2.24) is 25.2 Å². The molecule has 0 radical (unpaired) electrons. The molecule has 0 spiro atoms. The van der Waals surface area contributed by atoms with E-state index in [1.165, 1.54) is 6.20 Å². The van der Waals surface area contributed by atoms with Crippen LogP contribution in [-0.2, 0) is 4.74 Å². The second kappa shape index (κ2) is 6.11. The van der Waals surface area contributed by atoms with Crippen molar-refractivity contribution in [2.45, 2.75) is 44.9 Å². The molecule has 1 aromatic heterocycles. The van der Waals surface area contributed by atoms with Gasteiger partial charge in [0, 0.05) is 32.2 Å². The number of hydrogen-bond donors (Lipinski definition) is 1. The normalized spacial score (nSPS) is 28.8. The topological polar surface area (TPSA) is 74.4 Å². The summed E-state index contributed by atoms with van der Waals surface area (Å²) in [6, 6.07) is 0.556. The fourth-order valence-electron chi connectivity index (χ4n) is 3.42. The average Bonchev–Trinajstić information content (AvgIpc) is 3.00. The third-order valence-electron chi connectivity index (χ3n) is 4.35. The molecule has 1 N–H and O–H groups in total. The van der Waals surface area contributed by atoms with Crippen molar-refractivity contribution in [2.75, 3.05) is 26.2 Å². The van der Waals surface area contributed by atoms with Crippen molar-refractivity contribution in [2.24, 2.45) is 0 Å². The van der Waals surface area contributed by atoms with E-state index in [4.69, 9.17) is 4.74 Å². The van der Waals surface area contributed by atoms with E-state index in [9.17, 15) is 4.79 Å². The first kappa shape index (κ1) is 14.5. The van der Waals surface area contributed by atoms with E-state index in [-0.39, 0.29) is 5.91 Å². The van der Waals surface area contributed by atoms with Crippen molar-refractivity contribution in [3.63, 3.8) is 0 Å². The van der Waals surface area contributed by atoms with Crippen LogP contribution in [0.2, 0.25) is 0 Å². The highest BCUT2D eigenvalue weighted by Gasteiger charge is 2.32. The minimum absolute atomic E-state index is 0.0223. The van der Waals surface area contributed by atoms with Crippen LogP contribution < -0.4 is 0 Å². The molecule has 2 atom stereocenters. The minimum Gasteiger partial charge on any atom is -0.373 e. The molecule has 3 rings (SSSR count). The van der Waals surface area contributed by atoms with Gasteiger partial charge in [-0.1, -0.05) is 0 Å². The molecule has 1 aromatic rings. The van der Waals surface area contributed by atoms with Crippen molar-refractivity contribution in [3.05, 3.63) is 11.9 Å². The number of nitrogens with zero attached hydrogens (tertiary/aromatic N) is 4. The van der Waals surface area contributed by atoms with Crippen molar-refractivity contribution >= 4 is 5.91 Å². The first-order valence-electron chi connectivity index (χ1n) is 7.68. The Bertz CT molecular complexity index is 460. The lowest BCUT2D eigenvalue weighted by Gasteiger charge is -2.43. The van der Waals surface area contributed by atoms with Crippen LogP contribution in [0.4, 0.5) is 0 Å². The number of H-pyrrole nitrogens is 1. The van der Waals surface area contributed by atoms with Crippen LogP contribution in [0.15, 0.2) is 6.20 Å². The first-order chi connectivity index (χ1) is 10.1. The maximum atomic E-state index is 12.2. The molecule has 2 saturated heterocycles. The molecule has 0 aromatic carbocycles. The van der Waals surface area contributed by atoms with Gasteiger partial charge >= 0.3 is 0 Å². The lowest BCUT2D eigenvalue weighted by molar-refractivity contribution is -0.0856. The van der Waals surface area contributed by atoms with E-state index in [1.807, 2.05) is 4.90 Å². The summed E-state index contributed by atoms with van der Waals surface area (Å²) in [6.07, 6.45) is 4.11. The number of piperidine rings is 1. The maximum absolute atomic E-state index is 12.2. The second-order valence-corrected chi connectivity index (χ2v) is 6.09. The van der Waals surface area contributed by atoms with Crippen LogP contribution in [-0.4, -0.2) is 75.5 Å². The van der Waals surface area contributed by atoms with E-state index in [2.05, 4.69) is 34.2 Å². The Morgan fingerprint density at radius 1 is 1.29 bits per heavy atom.